The molecule has 0 saturated carbocycles. The largest absolute Gasteiger partial charge is 0.456 e. The minimum Gasteiger partial charge on any atom is -0.456 e. The summed E-state index contributed by atoms with van der Waals surface area (Å²) in [5.41, 5.74) is 10.5. The molecule has 0 fully saturated rings. The summed E-state index contributed by atoms with van der Waals surface area (Å²) >= 11 is 0. The predicted octanol–water partition coefficient (Wildman–Crippen LogP) is 12.1. The highest BCUT2D eigenvalue weighted by atomic mass is 16.4. The highest BCUT2D eigenvalue weighted by Crippen LogP contribution is 2.38. The monoisotopic (exact) mass is 709 g/mol. The van der Waals surface area contributed by atoms with Gasteiger partial charge in [0, 0.05) is 38.6 Å². The summed E-state index contributed by atoms with van der Waals surface area (Å²) in [4.78, 5) is 25.1. The van der Waals surface area contributed by atoms with Gasteiger partial charge >= 0.3 is 0 Å². The molecule has 7 aromatic carbocycles. The second-order valence-electron chi connectivity index (χ2n) is 13.3. The Labute approximate surface area is 313 Å². The van der Waals surface area contributed by atoms with Crippen LogP contribution in [0, 0.1) is 0 Å². The van der Waals surface area contributed by atoms with Crippen LogP contribution in [0.15, 0.2) is 177 Å². The van der Waals surface area contributed by atoms with Crippen molar-refractivity contribution in [2.45, 2.75) is 0 Å². The fourth-order valence-corrected chi connectivity index (χ4v) is 7.15. The SMILES string of the molecule is c1ccc(-c2ccc(-c3nc(-c4cc(-c5nc6ccccc6o5)cc(-c5nc6ccccc6o5)c4)nc(-c4cccc5oc6ccccc6c45)n3)cc2)cc1. The molecule has 0 amide bonds. The summed E-state index contributed by atoms with van der Waals surface area (Å²) in [6, 6.07) is 54.0. The number of benzene rings is 7. The normalized spacial score (nSPS) is 11.6. The van der Waals surface area contributed by atoms with Gasteiger partial charge in [0.25, 0.3) is 0 Å². The van der Waals surface area contributed by atoms with Crippen molar-refractivity contribution in [2.24, 2.45) is 0 Å². The number of aromatic nitrogens is 5. The Hall–Kier alpha value is -7.71. The molecular weight excluding hydrogens is 683 g/mol. The van der Waals surface area contributed by atoms with Crippen LogP contribution in [0.5, 0.6) is 0 Å². The third-order valence-corrected chi connectivity index (χ3v) is 9.80. The van der Waals surface area contributed by atoms with E-state index in [1.54, 1.807) is 0 Å². The first kappa shape index (κ1) is 30.9. The molecule has 0 unspecified atom stereocenters. The van der Waals surface area contributed by atoms with E-state index < -0.39 is 0 Å². The van der Waals surface area contributed by atoms with Gasteiger partial charge in [-0.15, -0.1) is 0 Å². The minimum absolute atomic E-state index is 0.459. The number of hydrogen-bond acceptors (Lipinski definition) is 8. The maximum Gasteiger partial charge on any atom is 0.227 e. The summed E-state index contributed by atoms with van der Waals surface area (Å²) in [5.74, 6) is 2.43. The van der Waals surface area contributed by atoms with Crippen molar-refractivity contribution in [3.63, 3.8) is 0 Å². The van der Waals surface area contributed by atoms with Gasteiger partial charge in [0.1, 0.15) is 22.2 Å². The Kier molecular flexibility index (Phi) is 6.99. The quantitative estimate of drug-likeness (QED) is 0.168. The molecule has 0 aliphatic rings. The van der Waals surface area contributed by atoms with Gasteiger partial charge in [-0.05, 0) is 65.7 Å². The molecule has 8 nitrogen and oxygen atoms in total. The van der Waals surface area contributed by atoms with Crippen molar-refractivity contribution in [2.75, 3.05) is 0 Å². The van der Waals surface area contributed by atoms with Crippen LogP contribution in [0.3, 0.4) is 0 Å². The van der Waals surface area contributed by atoms with Crippen LogP contribution in [0.4, 0.5) is 0 Å². The average molecular weight is 710 g/mol. The number of furan rings is 1. The highest BCUT2D eigenvalue weighted by Gasteiger charge is 2.21. The van der Waals surface area contributed by atoms with Gasteiger partial charge < -0.3 is 13.3 Å². The van der Waals surface area contributed by atoms with Crippen LogP contribution in [0.25, 0.3) is 112 Å². The van der Waals surface area contributed by atoms with Crippen LogP contribution in [-0.2, 0) is 0 Å². The second-order valence-corrected chi connectivity index (χ2v) is 13.3. The van der Waals surface area contributed by atoms with Gasteiger partial charge in [-0.1, -0.05) is 109 Å². The molecule has 0 bridgehead atoms. The van der Waals surface area contributed by atoms with Crippen molar-refractivity contribution in [1.29, 1.82) is 0 Å². The molecule has 4 aromatic heterocycles. The topological polar surface area (TPSA) is 104 Å². The lowest BCUT2D eigenvalue weighted by molar-refractivity contribution is 0.617. The summed E-state index contributed by atoms with van der Waals surface area (Å²) < 4.78 is 18.8. The molecule has 0 aliphatic heterocycles. The van der Waals surface area contributed by atoms with E-state index in [2.05, 4.69) is 42.5 Å². The Morgan fingerprint density at radius 3 is 1.49 bits per heavy atom. The molecule has 11 rings (SSSR count). The molecule has 0 spiro atoms. The first-order valence-electron chi connectivity index (χ1n) is 17.9. The lowest BCUT2D eigenvalue weighted by atomic mass is 10.0. The molecular formula is C47H27N5O3. The van der Waals surface area contributed by atoms with E-state index in [1.807, 2.05) is 121 Å². The number of hydrogen-bond donors (Lipinski definition) is 0. The molecule has 0 radical (unpaired) electrons. The molecule has 258 valence electrons. The van der Waals surface area contributed by atoms with E-state index in [-0.39, 0.29) is 0 Å². The lowest BCUT2D eigenvalue weighted by Gasteiger charge is -2.11. The third kappa shape index (κ3) is 5.43. The number of para-hydroxylation sites is 5. The fourth-order valence-electron chi connectivity index (χ4n) is 7.15. The van der Waals surface area contributed by atoms with Gasteiger partial charge in [-0.3, -0.25) is 0 Å². The van der Waals surface area contributed by atoms with E-state index in [9.17, 15) is 0 Å². The van der Waals surface area contributed by atoms with Crippen LogP contribution >= 0.6 is 0 Å². The number of rotatable bonds is 6. The summed E-state index contributed by atoms with van der Waals surface area (Å²) in [6.07, 6.45) is 0. The summed E-state index contributed by atoms with van der Waals surface area (Å²) in [6.45, 7) is 0. The van der Waals surface area contributed by atoms with E-state index in [4.69, 9.17) is 38.2 Å². The first-order chi connectivity index (χ1) is 27.2. The van der Waals surface area contributed by atoms with Crippen molar-refractivity contribution in [3.05, 3.63) is 164 Å². The maximum absolute atomic E-state index is 6.28. The van der Waals surface area contributed by atoms with Gasteiger partial charge in [0.2, 0.25) is 11.8 Å². The van der Waals surface area contributed by atoms with Gasteiger partial charge in [0.15, 0.2) is 28.6 Å². The molecule has 8 heteroatoms. The molecule has 0 atom stereocenters. The first-order valence-corrected chi connectivity index (χ1v) is 17.9. The van der Waals surface area contributed by atoms with Crippen molar-refractivity contribution in [3.8, 4) is 68.2 Å². The maximum atomic E-state index is 6.28. The smallest absolute Gasteiger partial charge is 0.227 e. The highest BCUT2D eigenvalue weighted by molar-refractivity contribution is 6.11. The predicted molar refractivity (Wildman–Crippen MR) is 215 cm³/mol. The van der Waals surface area contributed by atoms with Crippen molar-refractivity contribution >= 4 is 44.1 Å². The van der Waals surface area contributed by atoms with Crippen LogP contribution in [0.2, 0.25) is 0 Å². The second kappa shape index (κ2) is 12.5. The average Bonchev–Trinajstić information content (AvgIpc) is 3.99. The van der Waals surface area contributed by atoms with Crippen molar-refractivity contribution < 1.29 is 13.3 Å². The number of oxazole rings is 2. The zero-order valence-corrected chi connectivity index (χ0v) is 29.0. The van der Waals surface area contributed by atoms with E-state index in [0.717, 1.165) is 66.4 Å². The molecule has 0 aliphatic carbocycles. The Morgan fingerprint density at radius 2 is 0.818 bits per heavy atom. The Balaban J connectivity index is 1.14. The molecule has 4 heterocycles. The van der Waals surface area contributed by atoms with Crippen LogP contribution < -0.4 is 0 Å². The van der Waals surface area contributed by atoms with E-state index in [0.29, 0.717) is 46.0 Å². The number of fused-ring (bicyclic) bond motifs is 5. The van der Waals surface area contributed by atoms with Crippen LogP contribution in [-0.4, -0.2) is 24.9 Å². The number of nitrogens with zero attached hydrogens (tertiary/aromatic N) is 5. The minimum atomic E-state index is 0.459. The lowest BCUT2D eigenvalue weighted by Crippen LogP contribution is -2.01. The molecule has 11 aromatic rings. The van der Waals surface area contributed by atoms with Gasteiger partial charge in [0.05, 0.1) is 0 Å². The van der Waals surface area contributed by atoms with Gasteiger partial charge in [-0.2, -0.15) is 0 Å². The molecule has 0 N–H and O–H groups in total. The zero-order chi connectivity index (χ0) is 36.3. The Bertz CT molecular complexity index is 3060. The fraction of sp³-hybridized carbons (Fsp3) is 0. The van der Waals surface area contributed by atoms with Crippen molar-refractivity contribution in [1.82, 2.24) is 24.9 Å². The Morgan fingerprint density at radius 1 is 0.309 bits per heavy atom. The van der Waals surface area contributed by atoms with E-state index in [1.165, 1.54) is 0 Å². The summed E-state index contributed by atoms with van der Waals surface area (Å²) in [5, 5.41) is 1.92. The molecule has 55 heavy (non-hydrogen) atoms. The summed E-state index contributed by atoms with van der Waals surface area (Å²) in [7, 11) is 0. The third-order valence-electron chi connectivity index (χ3n) is 9.80. The zero-order valence-electron chi connectivity index (χ0n) is 29.0. The van der Waals surface area contributed by atoms with Gasteiger partial charge in [-0.25, -0.2) is 24.9 Å². The van der Waals surface area contributed by atoms with Crippen LogP contribution in [0.1, 0.15) is 0 Å². The van der Waals surface area contributed by atoms with E-state index >= 15 is 0 Å². The standard InChI is InChI=1S/C47H27N5O3/c1-2-11-28(12-3-1)29-21-23-30(24-22-29)43-50-44(52-45(51-43)35-14-10-20-41-42(35)34-13-4-7-17-38(34)53-41)31-25-32(46-48-36-15-5-8-18-39(36)54-46)27-33(26-31)47-49-37-16-6-9-19-40(37)55-47/h1-27H. The molecule has 0 saturated heterocycles.